The van der Waals surface area contributed by atoms with E-state index in [0.717, 1.165) is 59.1 Å². The van der Waals surface area contributed by atoms with Crippen molar-refractivity contribution in [1.29, 1.82) is 5.26 Å². The number of ether oxygens (including phenoxy) is 4. The quantitative estimate of drug-likeness (QED) is 0.0318. The molecule has 0 amide bonds. The van der Waals surface area contributed by atoms with Crippen LogP contribution in [0.25, 0.3) is 43.6 Å². The fraction of sp³-hybridized carbons (Fsp3) is 0.293. The van der Waals surface area contributed by atoms with Gasteiger partial charge in [-0.25, -0.2) is 14.1 Å². The molecule has 7 aromatic carbocycles. The molecule has 384 valence electrons. The molecule has 1 aliphatic rings. The highest BCUT2D eigenvalue weighted by Crippen LogP contribution is 2.54. The van der Waals surface area contributed by atoms with Crippen molar-refractivity contribution >= 4 is 40.8 Å². The van der Waals surface area contributed by atoms with Gasteiger partial charge >= 0.3 is 5.69 Å². The molecule has 16 nitrogen and oxygen atoms in total. The van der Waals surface area contributed by atoms with Crippen LogP contribution in [0.2, 0.25) is 0 Å². The SMILES string of the molecule is COc1ccc(C(OC[C@H]2O[C@@H](n3ccc(=O)[nH]c3=O)[C@](O)(Cn3cc(-c4ccc5ccc6cccc7ccc4c5c67)nn3)[C@@H]2OP(OCCC#N)N(C(C)C)C(C)C)(c2ccccc2)c2ccc(OC)cc2)cc1. The summed E-state index contributed by atoms with van der Waals surface area (Å²) in [6.45, 7) is 7.52. The second kappa shape index (κ2) is 21.5. The zero-order valence-corrected chi connectivity index (χ0v) is 43.4. The van der Waals surface area contributed by atoms with Crippen LogP contribution < -0.4 is 20.7 Å². The molecular formula is C58H58N7O9P. The van der Waals surface area contributed by atoms with Crippen molar-refractivity contribution in [1.82, 2.24) is 29.2 Å². The number of hydrogen-bond acceptors (Lipinski definition) is 13. The number of nitriles is 1. The minimum absolute atomic E-state index is 0.0337. The summed E-state index contributed by atoms with van der Waals surface area (Å²) in [4.78, 5) is 29.0. The summed E-state index contributed by atoms with van der Waals surface area (Å²) in [6.07, 6.45) is -0.905. The van der Waals surface area contributed by atoms with Crippen LogP contribution >= 0.6 is 8.53 Å². The highest BCUT2D eigenvalue weighted by atomic mass is 31.2. The first-order valence-electron chi connectivity index (χ1n) is 24.9. The molecule has 5 atom stereocenters. The molecule has 2 aromatic heterocycles. The zero-order chi connectivity index (χ0) is 52.4. The Bertz CT molecular complexity index is 3510. The van der Waals surface area contributed by atoms with Gasteiger partial charge in [0.15, 0.2) is 11.8 Å². The van der Waals surface area contributed by atoms with Crippen LogP contribution in [-0.2, 0) is 30.7 Å². The number of aromatic nitrogens is 5. The van der Waals surface area contributed by atoms with Gasteiger partial charge in [0, 0.05) is 29.9 Å². The van der Waals surface area contributed by atoms with Gasteiger partial charge in [-0.2, -0.15) is 5.26 Å². The van der Waals surface area contributed by atoms with E-state index in [1.54, 1.807) is 20.4 Å². The molecular weight excluding hydrogens is 970 g/mol. The lowest BCUT2D eigenvalue weighted by Gasteiger charge is -2.41. The van der Waals surface area contributed by atoms with Gasteiger partial charge in [0.1, 0.15) is 35.0 Å². The lowest BCUT2D eigenvalue weighted by molar-refractivity contribution is -0.122. The summed E-state index contributed by atoms with van der Waals surface area (Å²) in [5, 5.41) is 39.5. The van der Waals surface area contributed by atoms with E-state index < -0.39 is 49.4 Å². The van der Waals surface area contributed by atoms with Crippen molar-refractivity contribution in [3.63, 3.8) is 0 Å². The maximum Gasteiger partial charge on any atom is 0.330 e. The standard InChI is InChI=1S/C58H58N7O9P/c1-37(2)65(38(3)4)75(72-33-11-31-59)74-54-50(35-71-58(42-14-8-7-9-15-42,43-20-24-45(69-5)25-21-43)44-22-26-46(70-6)27-23-44)73-55(64-32-30-51(66)60-56(64)67)57(54,68)36-63-34-49(61-62-63)47-28-18-41-17-16-39-12-10-13-40-19-29-48(47)53(41)52(39)40/h7-10,12-30,32,34,37-38,50,54-55,68H,11,33,35-36H2,1-6H3,(H,60,66,67)/t50-,54-,55-,57+,75?/m1/s1. The average molecular weight is 1030 g/mol. The van der Waals surface area contributed by atoms with E-state index in [4.69, 9.17) is 33.1 Å². The normalized spacial score (nSPS) is 18.4. The van der Waals surface area contributed by atoms with Crippen molar-refractivity contribution < 1.29 is 33.1 Å². The summed E-state index contributed by atoms with van der Waals surface area (Å²) in [5.74, 6) is 1.28. The third-order valence-electron chi connectivity index (χ3n) is 13.9. The molecule has 17 heteroatoms. The number of H-pyrrole nitrogens is 1. The molecule has 0 bridgehead atoms. The zero-order valence-electron chi connectivity index (χ0n) is 42.5. The van der Waals surface area contributed by atoms with Crippen LogP contribution in [0.1, 0.15) is 57.0 Å². The average Bonchev–Trinajstić information content (AvgIpc) is 4.03. The van der Waals surface area contributed by atoms with Gasteiger partial charge < -0.3 is 33.1 Å². The smallest absolute Gasteiger partial charge is 0.330 e. The molecule has 2 N–H and O–H groups in total. The first kappa shape index (κ1) is 51.2. The van der Waals surface area contributed by atoms with Crippen LogP contribution in [0.4, 0.5) is 0 Å². The molecule has 0 aliphatic carbocycles. The van der Waals surface area contributed by atoms with Gasteiger partial charge in [0.25, 0.3) is 14.1 Å². The molecule has 75 heavy (non-hydrogen) atoms. The first-order valence-corrected chi connectivity index (χ1v) is 26.0. The van der Waals surface area contributed by atoms with E-state index in [1.807, 2.05) is 113 Å². The van der Waals surface area contributed by atoms with Gasteiger partial charge in [0.2, 0.25) is 0 Å². The largest absolute Gasteiger partial charge is 0.497 e. The van der Waals surface area contributed by atoms with Gasteiger partial charge in [0.05, 0.1) is 52.7 Å². The van der Waals surface area contributed by atoms with Crippen molar-refractivity contribution in [2.24, 2.45) is 0 Å². The maximum absolute atomic E-state index is 14.0. The van der Waals surface area contributed by atoms with Crippen LogP contribution in [0.15, 0.2) is 162 Å². The Morgan fingerprint density at radius 2 is 1.41 bits per heavy atom. The van der Waals surface area contributed by atoms with Gasteiger partial charge in [-0.05, 0) is 101 Å². The monoisotopic (exact) mass is 1030 g/mol. The molecule has 0 radical (unpaired) electrons. The van der Waals surface area contributed by atoms with Crippen molar-refractivity contribution in [2.75, 3.05) is 27.4 Å². The number of methoxy groups -OCH3 is 2. The minimum Gasteiger partial charge on any atom is -0.497 e. The van der Waals surface area contributed by atoms with Crippen molar-refractivity contribution in [3.05, 3.63) is 189 Å². The fourth-order valence-corrected chi connectivity index (χ4v) is 12.4. The van der Waals surface area contributed by atoms with Gasteiger partial charge in [-0.3, -0.25) is 14.3 Å². The Hall–Kier alpha value is -7.32. The van der Waals surface area contributed by atoms with Crippen LogP contribution in [0.3, 0.4) is 0 Å². The van der Waals surface area contributed by atoms with Crippen LogP contribution in [0.5, 0.6) is 11.5 Å². The summed E-state index contributed by atoms with van der Waals surface area (Å²) >= 11 is 0. The Balaban J connectivity index is 1.13. The van der Waals surface area contributed by atoms with E-state index in [2.05, 4.69) is 69.5 Å². The highest BCUT2D eigenvalue weighted by Gasteiger charge is 2.60. The first-order chi connectivity index (χ1) is 36.4. The van der Waals surface area contributed by atoms with E-state index in [1.165, 1.54) is 16.9 Å². The van der Waals surface area contributed by atoms with E-state index in [-0.39, 0.29) is 38.3 Å². The van der Waals surface area contributed by atoms with E-state index in [0.29, 0.717) is 17.2 Å². The molecule has 1 saturated heterocycles. The Morgan fingerprint density at radius 1 is 0.800 bits per heavy atom. The summed E-state index contributed by atoms with van der Waals surface area (Å²) < 4.78 is 44.1. The number of benzene rings is 7. The molecule has 1 unspecified atom stereocenters. The number of aromatic amines is 1. The second-order valence-corrected chi connectivity index (χ2v) is 20.6. The molecule has 9 aromatic rings. The fourth-order valence-electron chi connectivity index (χ4n) is 10.6. The van der Waals surface area contributed by atoms with Gasteiger partial charge in [-0.1, -0.05) is 114 Å². The third kappa shape index (κ3) is 9.69. The predicted molar refractivity (Wildman–Crippen MR) is 288 cm³/mol. The molecule has 0 spiro atoms. The molecule has 1 fully saturated rings. The Kier molecular flexibility index (Phi) is 14.7. The number of hydrogen-bond donors (Lipinski definition) is 2. The highest BCUT2D eigenvalue weighted by molar-refractivity contribution is 7.44. The lowest BCUT2D eigenvalue weighted by Crippen LogP contribution is -2.53. The number of nitrogens with zero attached hydrogens (tertiary/aromatic N) is 6. The van der Waals surface area contributed by atoms with Gasteiger partial charge in [-0.15, -0.1) is 5.10 Å². The van der Waals surface area contributed by atoms with Crippen molar-refractivity contribution in [3.8, 4) is 28.8 Å². The second-order valence-electron chi connectivity index (χ2n) is 19.2. The Morgan fingerprint density at radius 3 is 2.03 bits per heavy atom. The summed E-state index contributed by atoms with van der Waals surface area (Å²) in [7, 11) is 1.14. The van der Waals surface area contributed by atoms with E-state index in [9.17, 15) is 20.0 Å². The summed E-state index contributed by atoms with van der Waals surface area (Å²) in [5.41, 5.74) is -1.34. The predicted octanol–water partition coefficient (Wildman–Crippen LogP) is 9.71. The third-order valence-corrected chi connectivity index (χ3v) is 16.0. The number of aliphatic hydroxyl groups is 1. The van der Waals surface area contributed by atoms with E-state index >= 15 is 0 Å². The van der Waals surface area contributed by atoms with Crippen LogP contribution in [-0.4, -0.2) is 91.6 Å². The minimum atomic E-state index is -2.18. The number of nitrogens with one attached hydrogen (secondary N) is 1. The topological polar surface area (TPSA) is 188 Å². The Labute approximate surface area is 434 Å². The molecule has 10 rings (SSSR count). The lowest BCUT2D eigenvalue weighted by atomic mass is 9.80. The maximum atomic E-state index is 14.0. The molecule has 1 aliphatic heterocycles. The number of rotatable bonds is 20. The molecule has 0 saturated carbocycles. The van der Waals surface area contributed by atoms with Crippen molar-refractivity contribution in [2.45, 2.75) is 82.4 Å². The van der Waals surface area contributed by atoms with Crippen LogP contribution in [0, 0.1) is 11.3 Å². The molecule has 3 heterocycles. The summed E-state index contributed by atoms with van der Waals surface area (Å²) in [6, 6.07) is 46.9.